The SMILES string of the molecule is CCCCC(CC)CO[C@@H]1COC[C@@H](OCC(CC)CCCC)C1C=O. The molecule has 0 aliphatic carbocycles. The van der Waals surface area contributed by atoms with E-state index in [2.05, 4.69) is 27.7 Å². The van der Waals surface area contributed by atoms with Crippen molar-refractivity contribution in [1.29, 1.82) is 0 Å². The maximum absolute atomic E-state index is 11.7. The second kappa shape index (κ2) is 14.6. The molecule has 154 valence electrons. The number of hydrogen-bond donors (Lipinski definition) is 0. The van der Waals surface area contributed by atoms with Gasteiger partial charge in [0.25, 0.3) is 0 Å². The van der Waals surface area contributed by atoms with Gasteiger partial charge in [0.1, 0.15) is 6.29 Å². The normalized spacial score (nSPS) is 25.8. The Hall–Kier alpha value is -0.450. The zero-order valence-corrected chi connectivity index (χ0v) is 17.6. The molecule has 0 amide bonds. The van der Waals surface area contributed by atoms with Crippen LogP contribution >= 0.6 is 0 Å². The van der Waals surface area contributed by atoms with Gasteiger partial charge in [-0.1, -0.05) is 66.2 Å². The Labute approximate surface area is 161 Å². The summed E-state index contributed by atoms with van der Waals surface area (Å²) in [5.74, 6) is 0.931. The molecule has 0 radical (unpaired) electrons. The lowest BCUT2D eigenvalue weighted by Gasteiger charge is -2.36. The van der Waals surface area contributed by atoms with Crippen molar-refractivity contribution < 1.29 is 19.0 Å². The van der Waals surface area contributed by atoms with E-state index in [9.17, 15) is 4.79 Å². The van der Waals surface area contributed by atoms with E-state index in [1.807, 2.05) is 0 Å². The van der Waals surface area contributed by atoms with Gasteiger partial charge < -0.3 is 19.0 Å². The summed E-state index contributed by atoms with van der Waals surface area (Å²) in [6.07, 6.45) is 10.2. The fourth-order valence-corrected chi connectivity index (χ4v) is 3.57. The average molecular weight is 371 g/mol. The van der Waals surface area contributed by atoms with Gasteiger partial charge in [-0.05, 0) is 24.7 Å². The minimum absolute atomic E-state index is 0.169. The molecule has 0 saturated carbocycles. The Morgan fingerprint density at radius 1 is 0.885 bits per heavy atom. The van der Waals surface area contributed by atoms with Gasteiger partial charge >= 0.3 is 0 Å². The zero-order chi connectivity index (χ0) is 19.2. The molecule has 2 unspecified atom stereocenters. The molecule has 4 nitrogen and oxygen atoms in total. The Bertz CT molecular complexity index is 319. The van der Waals surface area contributed by atoms with E-state index in [0.717, 1.165) is 32.3 Å². The van der Waals surface area contributed by atoms with E-state index in [4.69, 9.17) is 14.2 Å². The molecule has 0 aromatic carbocycles. The number of aldehydes is 1. The van der Waals surface area contributed by atoms with Crippen LogP contribution in [0.2, 0.25) is 0 Å². The van der Waals surface area contributed by atoms with E-state index < -0.39 is 0 Å². The molecule has 1 fully saturated rings. The lowest BCUT2D eigenvalue weighted by molar-refractivity contribution is -0.167. The summed E-state index contributed by atoms with van der Waals surface area (Å²) in [5, 5.41) is 0. The van der Waals surface area contributed by atoms with E-state index >= 15 is 0 Å². The first kappa shape index (κ1) is 23.6. The highest BCUT2D eigenvalue weighted by Gasteiger charge is 2.36. The fraction of sp³-hybridized carbons (Fsp3) is 0.955. The second-order valence-electron chi connectivity index (χ2n) is 7.83. The lowest BCUT2D eigenvalue weighted by atomic mass is 9.94. The van der Waals surface area contributed by atoms with Crippen molar-refractivity contribution >= 4 is 6.29 Å². The molecular formula is C22H42O4. The average Bonchev–Trinajstić information content (AvgIpc) is 2.68. The summed E-state index contributed by atoms with van der Waals surface area (Å²) in [5.41, 5.74) is 0. The molecule has 0 N–H and O–H groups in total. The van der Waals surface area contributed by atoms with Gasteiger partial charge in [-0.2, -0.15) is 0 Å². The van der Waals surface area contributed by atoms with E-state index in [0.29, 0.717) is 25.0 Å². The first-order valence-electron chi connectivity index (χ1n) is 11.0. The molecule has 0 spiro atoms. The third kappa shape index (κ3) is 8.49. The van der Waals surface area contributed by atoms with Crippen LogP contribution < -0.4 is 0 Å². The van der Waals surface area contributed by atoms with Crippen LogP contribution in [0.5, 0.6) is 0 Å². The van der Waals surface area contributed by atoms with Crippen LogP contribution in [0.4, 0.5) is 0 Å². The molecule has 0 aromatic heterocycles. The van der Waals surface area contributed by atoms with Crippen molar-refractivity contribution in [1.82, 2.24) is 0 Å². The molecule has 1 heterocycles. The standard InChI is InChI=1S/C22H42O4/c1-5-9-11-18(7-3)14-25-21-16-24-17-22(20(21)13-23)26-15-19(8-4)12-10-6-2/h13,18-22H,5-12,14-17H2,1-4H3/t18?,19?,20?,21-,22-/m1/s1. The smallest absolute Gasteiger partial charge is 0.128 e. The van der Waals surface area contributed by atoms with Gasteiger partial charge in [0.2, 0.25) is 0 Å². The molecular weight excluding hydrogens is 328 g/mol. The van der Waals surface area contributed by atoms with Crippen LogP contribution in [-0.4, -0.2) is 44.9 Å². The predicted octanol–water partition coefficient (Wildman–Crippen LogP) is 5.03. The van der Waals surface area contributed by atoms with Crippen LogP contribution in [0.1, 0.15) is 79.1 Å². The van der Waals surface area contributed by atoms with Crippen molar-refractivity contribution in [3.8, 4) is 0 Å². The minimum atomic E-state index is -0.212. The van der Waals surface area contributed by atoms with Crippen molar-refractivity contribution in [2.24, 2.45) is 17.8 Å². The molecule has 1 rings (SSSR count). The summed E-state index contributed by atoms with van der Waals surface area (Å²) in [6, 6.07) is 0. The molecule has 0 bridgehead atoms. The van der Waals surface area contributed by atoms with Gasteiger partial charge in [0.15, 0.2) is 0 Å². The van der Waals surface area contributed by atoms with Gasteiger partial charge in [0.05, 0.1) is 31.3 Å². The summed E-state index contributed by atoms with van der Waals surface area (Å²) in [7, 11) is 0. The summed E-state index contributed by atoms with van der Waals surface area (Å²) in [6.45, 7) is 11.3. The predicted molar refractivity (Wildman–Crippen MR) is 106 cm³/mol. The third-order valence-corrected chi connectivity index (χ3v) is 5.76. The quantitative estimate of drug-likeness (QED) is 0.379. The lowest BCUT2D eigenvalue weighted by Crippen LogP contribution is -2.47. The molecule has 4 atom stereocenters. The van der Waals surface area contributed by atoms with Crippen molar-refractivity contribution in [3.05, 3.63) is 0 Å². The highest BCUT2D eigenvalue weighted by Crippen LogP contribution is 2.24. The van der Waals surface area contributed by atoms with E-state index in [1.54, 1.807) is 0 Å². The zero-order valence-electron chi connectivity index (χ0n) is 17.6. The van der Waals surface area contributed by atoms with Crippen LogP contribution in [0, 0.1) is 17.8 Å². The maximum atomic E-state index is 11.7. The number of unbranched alkanes of at least 4 members (excludes halogenated alkanes) is 2. The molecule has 1 aliphatic rings. The molecule has 1 aliphatic heterocycles. The Morgan fingerprint density at radius 3 is 1.69 bits per heavy atom. The van der Waals surface area contributed by atoms with E-state index in [1.165, 1.54) is 38.5 Å². The Balaban J connectivity index is 2.49. The summed E-state index contributed by atoms with van der Waals surface area (Å²) < 4.78 is 18.0. The van der Waals surface area contributed by atoms with Gasteiger partial charge in [-0.3, -0.25) is 0 Å². The first-order valence-corrected chi connectivity index (χ1v) is 11.0. The molecule has 26 heavy (non-hydrogen) atoms. The number of rotatable bonds is 15. The number of carbonyl (C=O) groups is 1. The molecule has 0 aromatic rings. The first-order chi connectivity index (χ1) is 12.7. The number of ether oxygens (including phenoxy) is 3. The van der Waals surface area contributed by atoms with Crippen LogP contribution in [0.15, 0.2) is 0 Å². The number of carbonyl (C=O) groups excluding carboxylic acids is 1. The highest BCUT2D eigenvalue weighted by atomic mass is 16.6. The molecule has 1 saturated heterocycles. The fourth-order valence-electron chi connectivity index (χ4n) is 3.57. The largest absolute Gasteiger partial charge is 0.376 e. The second-order valence-corrected chi connectivity index (χ2v) is 7.83. The highest BCUT2D eigenvalue weighted by molar-refractivity contribution is 5.56. The van der Waals surface area contributed by atoms with Gasteiger partial charge in [0, 0.05) is 13.2 Å². The van der Waals surface area contributed by atoms with Crippen LogP contribution in [0.3, 0.4) is 0 Å². The Morgan fingerprint density at radius 2 is 1.35 bits per heavy atom. The van der Waals surface area contributed by atoms with Crippen molar-refractivity contribution in [2.45, 2.75) is 91.3 Å². The van der Waals surface area contributed by atoms with Crippen LogP contribution in [0.25, 0.3) is 0 Å². The maximum Gasteiger partial charge on any atom is 0.128 e. The Kier molecular flexibility index (Phi) is 13.2. The monoisotopic (exact) mass is 370 g/mol. The van der Waals surface area contributed by atoms with Crippen molar-refractivity contribution in [3.63, 3.8) is 0 Å². The van der Waals surface area contributed by atoms with Gasteiger partial charge in [-0.15, -0.1) is 0 Å². The summed E-state index contributed by atoms with van der Waals surface area (Å²) in [4.78, 5) is 11.7. The van der Waals surface area contributed by atoms with Crippen molar-refractivity contribution in [2.75, 3.05) is 26.4 Å². The number of hydrogen-bond acceptors (Lipinski definition) is 4. The van der Waals surface area contributed by atoms with E-state index in [-0.39, 0.29) is 18.1 Å². The minimum Gasteiger partial charge on any atom is -0.376 e. The topological polar surface area (TPSA) is 44.8 Å². The van der Waals surface area contributed by atoms with Gasteiger partial charge in [-0.25, -0.2) is 0 Å². The molecule has 4 heteroatoms. The summed E-state index contributed by atoms with van der Waals surface area (Å²) >= 11 is 0. The third-order valence-electron chi connectivity index (χ3n) is 5.76. The van der Waals surface area contributed by atoms with Crippen LogP contribution in [-0.2, 0) is 19.0 Å².